The summed E-state index contributed by atoms with van der Waals surface area (Å²) in [6, 6.07) is 7.23. The number of hydrogen-bond acceptors (Lipinski definition) is 4. The summed E-state index contributed by atoms with van der Waals surface area (Å²) in [6.07, 6.45) is 8.01. The van der Waals surface area contributed by atoms with Crippen molar-refractivity contribution in [3.8, 4) is 11.5 Å². The Hall–Kier alpha value is -2.33. The summed E-state index contributed by atoms with van der Waals surface area (Å²) in [5.41, 5.74) is 4.35. The van der Waals surface area contributed by atoms with Crippen LogP contribution in [0.25, 0.3) is 11.1 Å². The smallest absolute Gasteiger partial charge is 0.309 e. The molecule has 0 unspecified atom stereocenters. The number of thioether (sulfide) groups is 1. The zero-order chi connectivity index (χ0) is 32.3. The maximum atomic E-state index is 14.5. The van der Waals surface area contributed by atoms with E-state index in [1.165, 1.54) is 36.0 Å². The number of unbranched alkanes of at least 4 members (excludes halogenated alkanes) is 4. The van der Waals surface area contributed by atoms with Crippen molar-refractivity contribution in [2.24, 2.45) is 0 Å². The summed E-state index contributed by atoms with van der Waals surface area (Å²) >= 11 is 1.53. The first-order chi connectivity index (χ1) is 20.8. The molecule has 3 rings (SSSR count). The Morgan fingerprint density at radius 1 is 0.795 bits per heavy atom. The average Bonchev–Trinajstić information content (AvgIpc) is 3.12. The number of rotatable bonds is 18. The lowest BCUT2D eigenvalue weighted by atomic mass is 9.88. The zero-order valence-corrected chi connectivity index (χ0v) is 26.5. The van der Waals surface area contributed by atoms with Gasteiger partial charge >= 0.3 is 11.8 Å². The largest absolute Gasteiger partial charge is 0.505 e. The minimum absolute atomic E-state index is 0.0718. The highest BCUT2D eigenvalue weighted by Gasteiger charge is 2.51. The molecule has 44 heavy (non-hydrogen) atoms. The van der Waals surface area contributed by atoms with Gasteiger partial charge in [-0.3, -0.25) is 0 Å². The Balaban J connectivity index is 1.41. The Kier molecular flexibility index (Phi) is 13.8. The molecule has 0 atom stereocenters. The van der Waals surface area contributed by atoms with Crippen LogP contribution < -0.4 is 0 Å². The standard InChI is InChI=1S/C34H45F6NO2S/c1-33(37,38)34(39,40)16-10-20-44-19-8-7-18-41(2)17-6-4-3-5-12-27-26(25-14-15-29(35)31(42)22-25)13-9-11-24-21-32(43)30(36)23-28(24)27/h14-15,21-23,42-43H,3-13,16-20H2,1-2H3. The van der Waals surface area contributed by atoms with Crippen LogP contribution in [0.5, 0.6) is 11.5 Å². The molecule has 10 heteroatoms. The molecule has 246 valence electrons. The molecule has 2 N–H and O–H groups in total. The SMILES string of the molecule is CN(CCCCCCC1=C(c2ccc(F)c(O)c2)CCCc2cc(O)c(F)cc21)CCCCSCCCC(F)(F)C(C)(F)F. The third-order valence-electron chi connectivity index (χ3n) is 8.25. The van der Waals surface area contributed by atoms with Crippen LogP contribution in [0.3, 0.4) is 0 Å². The fourth-order valence-corrected chi connectivity index (χ4v) is 6.58. The van der Waals surface area contributed by atoms with Crippen LogP contribution in [0.4, 0.5) is 26.3 Å². The van der Waals surface area contributed by atoms with Crippen molar-refractivity contribution in [1.29, 1.82) is 0 Å². The molecular formula is C34H45F6NO2S. The van der Waals surface area contributed by atoms with Gasteiger partial charge < -0.3 is 15.1 Å². The van der Waals surface area contributed by atoms with E-state index in [1.807, 2.05) is 0 Å². The monoisotopic (exact) mass is 645 g/mol. The van der Waals surface area contributed by atoms with Crippen molar-refractivity contribution in [2.45, 2.75) is 95.8 Å². The van der Waals surface area contributed by atoms with Crippen molar-refractivity contribution < 1.29 is 36.6 Å². The molecule has 0 fully saturated rings. The topological polar surface area (TPSA) is 43.7 Å². The molecule has 1 aliphatic carbocycles. The number of hydrogen-bond donors (Lipinski definition) is 2. The molecule has 0 bridgehead atoms. The second kappa shape index (κ2) is 16.8. The first kappa shape index (κ1) is 36.1. The second-order valence-corrected chi connectivity index (χ2v) is 13.1. The number of aromatic hydroxyl groups is 2. The Morgan fingerprint density at radius 2 is 1.45 bits per heavy atom. The number of phenols is 2. The Labute approximate surface area is 261 Å². The minimum Gasteiger partial charge on any atom is -0.505 e. The third-order valence-corrected chi connectivity index (χ3v) is 9.40. The number of nitrogens with zero attached hydrogens (tertiary/aromatic N) is 1. The first-order valence-corrected chi connectivity index (χ1v) is 16.7. The van der Waals surface area contributed by atoms with Crippen molar-refractivity contribution in [3.05, 3.63) is 58.7 Å². The fraction of sp³-hybridized carbons (Fsp3) is 0.588. The van der Waals surface area contributed by atoms with E-state index in [2.05, 4.69) is 11.9 Å². The lowest BCUT2D eigenvalue weighted by Crippen LogP contribution is -2.37. The van der Waals surface area contributed by atoms with Gasteiger partial charge in [0, 0.05) is 13.3 Å². The molecule has 0 aliphatic heterocycles. The van der Waals surface area contributed by atoms with Crippen LogP contribution in [-0.4, -0.2) is 58.6 Å². The number of benzene rings is 2. The summed E-state index contributed by atoms with van der Waals surface area (Å²) in [4.78, 5) is 2.27. The number of allylic oxidation sites excluding steroid dienone is 2. The summed E-state index contributed by atoms with van der Waals surface area (Å²) in [5, 5.41) is 20.0. The highest BCUT2D eigenvalue weighted by molar-refractivity contribution is 7.99. The van der Waals surface area contributed by atoms with Gasteiger partial charge in [0.1, 0.15) is 0 Å². The van der Waals surface area contributed by atoms with Crippen LogP contribution in [0.2, 0.25) is 0 Å². The maximum Gasteiger partial charge on any atom is 0.309 e. The molecular weight excluding hydrogens is 600 g/mol. The highest BCUT2D eigenvalue weighted by Crippen LogP contribution is 2.41. The van der Waals surface area contributed by atoms with Gasteiger partial charge in [0.2, 0.25) is 0 Å². The van der Waals surface area contributed by atoms with Crippen LogP contribution in [0.1, 0.15) is 94.2 Å². The van der Waals surface area contributed by atoms with Gasteiger partial charge in [0.25, 0.3) is 0 Å². The molecule has 2 aromatic rings. The lowest BCUT2D eigenvalue weighted by molar-refractivity contribution is -0.200. The molecule has 0 saturated carbocycles. The van der Waals surface area contributed by atoms with Gasteiger partial charge in [-0.15, -0.1) is 0 Å². The Bertz CT molecular complexity index is 1250. The zero-order valence-electron chi connectivity index (χ0n) is 25.7. The van der Waals surface area contributed by atoms with Gasteiger partial charge in [0.05, 0.1) is 0 Å². The van der Waals surface area contributed by atoms with Gasteiger partial charge in [-0.2, -0.15) is 20.5 Å². The summed E-state index contributed by atoms with van der Waals surface area (Å²) in [7, 11) is 2.07. The molecule has 2 aromatic carbocycles. The number of aryl methyl sites for hydroxylation is 1. The molecule has 0 radical (unpaired) electrons. The molecule has 0 saturated heterocycles. The van der Waals surface area contributed by atoms with Crippen molar-refractivity contribution in [3.63, 3.8) is 0 Å². The van der Waals surface area contributed by atoms with E-state index in [0.29, 0.717) is 25.0 Å². The molecule has 0 spiro atoms. The van der Waals surface area contributed by atoms with Crippen LogP contribution >= 0.6 is 11.8 Å². The van der Waals surface area contributed by atoms with Crippen molar-refractivity contribution in [2.75, 3.05) is 31.6 Å². The van der Waals surface area contributed by atoms with Crippen molar-refractivity contribution >= 4 is 22.9 Å². The predicted octanol–water partition coefficient (Wildman–Crippen LogP) is 10.1. The van der Waals surface area contributed by atoms with Gasteiger partial charge in [-0.05, 0) is 142 Å². The average molecular weight is 646 g/mol. The molecule has 1 aliphatic rings. The first-order valence-electron chi connectivity index (χ1n) is 15.5. The molecule has 0 heterocycles. The second-order valence-electron chi connectivity index (χ2n) is 11.9. The Morgan fingerprint density at radius 3 is 2.16 bits per heavy atom. The van der Waals surface area contributed by atoms with Gasteiger partial charge in [0.15, 0.2) is 23.1 Å². The summed E-state index contributed by atoms with van der Waals surface area (Å²) in [6.45, 7) is 2.14. The summed E-state index contributed by atoms with van der Waals surface area (Å²) < 4.78 is 80.6. The summed E-state index contributed by atoms with van der Waals surface area (Å²) in [5.74, 6) is -8.78. The third kappa shape index (κ3) is 10.6. The van der Waals surface area contributed by atoms with Crippen LogP contribution in [-0.2, 0) is 6.42 Å². The quantitative estimate of drug-likeness (QED) is 0.125. The molecule has 0 aromatic heterocycles. The van der Waals surface area contributed by atoms with E-state index in [0.717, 1.165) is 91.6 Å². The van der Waals surface area contributed by atoms with E-state index >= 15 is 0 Å². The number of fused-ring (bicyclic) bond motifs is 1. The number of alkyl halides is 4. The minimum atomic E-state index is -3.98. The van der Waals surface area contributed by atoms with Crippen LogP contribution in [0, 0.1) is 11.6 Å². The number of halogens is 6. The van der Waals surface area contributed by atoms with Gasteiger partial charge in [-0.1, -0.05) is 18.9 Å². The molecule has 3 nitrogen and oxygen atoms in total. The van der Waals surface area contributed by atoms with Crippen molar-refractivity contribution in [1.82, 2.24) is 4.90 Å². The molecule has 0 amide bonds. The van der Waals surface area contributed by atoms with Gasteiger partial charge in [-0.25, -0.2) is 17.6 Å². The lowest BCUT2D eigenvalue weighted by Gasteiger charge is -2.22. The predicted molar refractivity (Wildman–Crippen MR) is 168 cm³/mol. The van der Waals surface area contributed by atoms with E-state index < -0.39 is 35.6 Å². The van der Waals surface area contributed by atoms with E-state index in [9.17, 15) is 36.6 Å². The number of phenolic OH excluding ortho intramolecular Hbond substituents is 2. The van der Waals surface area contributed by atoms with E-state index in [1.54, 1.807) is 6.07 Å². The van der Waals surface area contributed by atoms with Crippen LogP contribution in [0.15, 0.2) is 30.3 Å². The highest BCUT2D eigenvalue weighted by atomic mass is 32.2. The van der Waals surface area contributed by atoms with E-state index in [4.69, 9.17) is 0 Å². The fourth-order valence-electron chi connectivity index (χ4n) is 5.62. The normalized spacial score (nSPS) is 14.3. The maximum absolute atomic E-state index is 14.5. The van der Waals surface area contributed by atoms with E-state index in [-0.39, 0.29) is 19.1 Å².